The Morgan fingerprint density at radius 2 is 2.14 bits per heavy atom. The number of hydrogen-bond donors (Lipinski definition) is 1. The maximum absolute atomic E-state index is 12.3. The summed E-state index contributed by atoms with van der Waals surface area (Å²) in [6, 6.07) is 8.54. The molecule has 0 saturated heterocycles. The van der Waals surface area contributed by atoms with Crippen molar-refractivity contribution >= 4 is 32.7 Å². The molecule has 1 saturated carbocycles. The van der Waals surface area contributed by atoms with Gasteiger partial charge in [-0.25, -0.2) is 0 Å². The van der Waals surface area contributed by atoms with Crippen molar-refractivity contribution in [2.45, 2.75) is 45.2 Å². The van der Waals surface area contributed by atoms with Crippen molar-refractivity contribution in [3.05, 3.63) is 34.9 Å². The molecule has 1 heterocycles. The van der Waals surface area contributed by atoms with Crippen LogP contribution in [0.3, 0.4) is 0 Å². The molecule has 1 aromatic heterocycles. The first-order valence-corrected chi connectivity index (χ1v) is 8.46. The largest absolute Gasteiger partial charge is 0.352 e. The summed E-state index contributed by atoms with van der Waals surface area (Å²) in [6.45, 7) is 2.64. The lowest BCUT2D eigenvalue weighted by atomic mass is 9.86. The highest BCUT2D eigenvalue weighted by Gasteiger charge is 2.22. The van der Waals surface area contributed by atoms with Crippen LogP contribution in [0.15, 0.2) is 34.9 Å². The van der Waals surface area contributed by atoms with E-state index in [1.807, 2.05) is 16.8 Å². The molecule has 0 unspecified atom stereocenters. The van der Waals surface area contributed by atoms with Crippen LogP contribution >= 0.6 is 15.9 Å². The van der Waals surface area contributed by atoms with Gasteiger partial charge in [-0.15, -0.1) is 0 Å². The van der Waals surface area contributed by atoms with Crippen molar-refractivity contribution in [3.63, 3.8) is 0 Å². The lowest BCUT2D eigenvalue weighted by Gasteiger charge is -2.29. The van der Waals surface area contributed by atoms with Gasteiger partial charge in [0.05, 0.1) is 0 Å². The van der Waals surface area contributed by atoms with E-state index in [1.54, 1.807) is 0 Å². The van der Waals surface area contributed by atoms with Gasteiger partial charge in [0.25, 0.3) is 0 Å². The van der Waals surface area contributed by atoms with Gasteiger partial charge < -0.3 is 9.88 Å². The molecular formula is C17H21BrN2O. The topological polar surface area (TPSA) is 34.0 Å². The second-order valence-electron chi connectivity index (χ2n) is 6.08. The zero-order chi connectivity index (χ0) is 14.8. The molecular weight excluding hydrogens is 328 g/mol. The van der Waals surface area contributed by atoms with Crippen molar-refractivity contribution < 1.29 is 4.79 Å². The predicted molar refractivity (Wildman–Crippen MR) is 89.2 cm³/mol. The highest BCUT2D eigenvalue weighted by Crippen LogP contribution is 2.24. The Hall–Kier alpha value is -1.29. The van der Waals surface area contributed by atoms with Crippen molar-refractivity contribution in [2.75, 3.05) is 0 Å². The van der Waals surface area contributed by atoms with Crippen molar-refractivity contribution in [1.29, 1.82) is 0 Å². The predicted octanol–water partition coefficient (Wildman–Crippen LogP) is 4.10. The van der Waals surface area contributed by atoms with E-state index in [9.17, 15) is 4.79 Å². The zero-order valence-corrected chi connectivity index (χ0v) is 13.9. The van der Waals surface area contributed by atoms with Crippen molar-refractivity contribution in [2.24, 2.45) is 5.92 Å². The Morgan fingerprint density at radius 3 is 2.95 bits per heavy atom. The molecule has 1 amide bonds. The maximum atomic E-state index is 12.3. The summed E-state index contributed by atoms with van der Waals surface area (Å²) >= 11 is 3.48. The second kappa shape index (κ2) is 6.22. The number of halogens is 1. The number of carbonyl (C=O) groups is 1. The maximum Gasteiger partial charge on any atom is 0.240 e. The van der Waals surface area contributed by atoms with Crippen molar-refractivity contribution in [3.8, 4) is 0 Å². The monoisotopic (exact) mass is 348 g/mol. The number of nitrogens with one attached hydrogen (secondary N) is 1. The van der Waals surface area contributed by atoms with Gasteiger partial charge in [0.1, 0.15) is 6.54 Å². The SMILES string of the molecule is C[C@H]1CCCC[C@@H]1NC(=O)Cn1ccc2cc(Br)ccc21. The average molecular weight is 349 g/mol. The minimum absolute atomic E-state index is 0.120. The molecule has 1 N–H and O–H groups in total. The average Bonchev–Trinajstić information content (AvgIpc) is 2.83. The van der Waals surface area contributed by atoms with Gasteiger partial charge in [-0.1, -0.05) is 35.7 Å². The number of amides is 1. The Labute approximate surface area is 133 Å². The molecule has 1 aliphatic rings. The molecule has 1 fully saturated rings. The van der Waals surface area contributed by atoms with Gasteiger partial charge in [0.2, 0.25) is 5.91 Å². The van der Waals surface area contributed by atoms with Crippen LogP contribution in [0.25, 0.3) is 10.9 Å². The molecule has 1 aromatic carbocycles. The first-order valence-electron chi connectivity index (χ1n) is 7.67. The number of benzene rings is 1. The summed E-state index contributed by atoms with van der Waals surface area (Å²) < 4.78 is 3.08. The van der Waals surface area contributed by atoms with Crippen LogP contribution in [0.4, 0.5) is 0 Å². The Bertz CT molecular complexity index is 649. The summed E-state index contributed by atoms with van der Waals surface area (Å²) in [5.74, 6) is 0.717. The van der Waals surface area contributed by atoms with E-state index in [1.165, 1.54) is 19.3 Å². The summed E-state index contributed by atoms with van der Waals surface area (Å²) in [5.41, 5.74) is 1.10. The molecule has 112 valence electrons. The first kappa shape index (κ1) is 14.6. The number of rotatable bonds is 3. The van der Waals surface area contributed by atoms with Gasteiger partial charge in [0.15, 0.2) is 0 Å². The Kier molecular flexibility index (Phi) is 4.34. The molecule has 3 rings (SSSR count). The van der Waals surface area contributed by atoms with E-state index in [2.05, 4.69) is 46.4 Å². The van der Waals surface area contributed by atoms with Crippen LogP contribution in [0, 0.1) is 5.92 Å². The fourth-order valence-corrected chi connectivity index (χ4v) is 3.63. The summed E-state index contributed by atoms with van der Waals surface area (Å²) in [7, 11) is 0. The molecule has 1 aliphatic carbocycles. The standard InChI is InChI=1S/C17H21BrN2O/c1-12-4-2-3-5-15(12)19-17(21)11-20-9-8-13-10-14(18)6-7-16(13)20/h6-10,12,15H,2-5,11H2,1H3,(H,19,21)/t12-,15-/m0/s1. The number of aromatic nitrogens is 1. The highest BCUT2D eigenvalue weighted by molar-refractivity contribution is 9.10. The fourth-order valence-electron chi connectivity index (χ4n) is 3.25. The molecule has 21 heavy (non-hydrogen) atoms. The Morgan fingerprint density at radius 1 is 1.33 bits per heavy atom. The third-order valence-corrected chi connectivity index (χ3v) is 5.00. The van der Waals surface area contributed by atoms with Crippen LogP contribution in [0.1, 0.15) is 32.6 Å². The smallest absolute Gasteiger partial charge is 0.240 e. The van der Waals surface area contributed by atoms with E-state index in [4.69, 9.17) is 0 Å². The number of fused-ring (bicyclic) bond motifs is 1. The summed E-state index contributed by atoms with van der Waals surface area (Å²) in [5, 5.41) is 4.37. The molecule has 3 nitrogen and oxygen atoms in total. The van der Waals surface area contributed by atoms with E-state index in [0.717, 1.165) is 21.8 Å². The fraction of sp³-hybridized carbons (Fsp3) is 0.471. The molecule has 4 heteroatoms. The second-order valence-corrected chi connectivity index (χ2v) is 7.00. The van der Waals surface area contributed by atoms with E-state index >= 15 is 0 Å². The van der Waals surface area contributed by atoms with Crippen LogP contribution < -0.4 is 5.32 Å². The molecule has 2 aromatic rings. The van der Waals surface area contributed by atoms with Gasteiger partial charge in [0, 0.05) is 27.6 Å². The van der Waals surface area contributed by atoms with E-state index in [0.29, 0.717) is 18.5 Å². The summed E-state index contributed by atoms with van der Waals surface area (Å²) in [6.07, 6.45) is 6.86. The summed E-state index contributed by atoms with van der Waals surface area (Å²) in [4.78, 5) is 12.3. The van der Waals surface area contributed by atoms with Crippen LogP contribution in [-0.2, 0) is 11.3 Å². The highest BCUT2D eigenvalue weighted by atomic mass is 79.9. The third-order valence-electron chi connectivity index (χ3n) is 4.50. The molecule has 2 atom stereocenters. The molecule has 0 bridgehead atoms. The number of carbonyl (C=O) groups excluding carboxylic acids is 1. The van der Waals surface area contributed by atoms with Crippen molar-refractivity contribution in [1.82, 2.24) is 9.88 Å². The zero-order valence-electron chi connectivity index (χ0n) is 12.3. The third kappa shape index (κ3) is 3.31. The number of nitrogens with zero attached hydrogens (tertiary/aromatic N) is 1. The quantitative estimate of drug-likeness (QED) is 0.890. The minimum atomic E-state index is 0.120. The van der Waals surface area contributed by atoms with E-state index < -0.39 is 0 Å². The Balaban J connectivity index is 1.68. The molecule has 0 radical (unpaired) electrons. The van der Waals surface area contributed by atoms with Gasteiger partial charge in [-0.05, 0) is 43.0 Å². The van der Waals surface area contributed by atoms with Crippen LogP contribution in [0.5, 0.6) is 0 Å². The molecule has 0 aliphatic heterocycles. The van der Waals surface area contributed by atoms with Gasteiger partial charge in [-0.2, -0.15) is 0 Å². The normalized spacial score (nSPS) is 22.4. The lowest BCUT2D eigenvalue weighted by Crippen LogP contribution is -2.42. The van der Waals surface area contributed by atoms with Crippen LogP contribution in [-0.4, -0.2) is 16.5 Å². The molecule has 0 spiro atoms. The lowest BCUT2D eigenvalue weighted by molar-refractivity contribution is -0.122. The number of hydrogen-bond acceptors (Lipinski definition) is 1. The minimum Gasteiger partial charge on any atom is -0.352 e. The van der Waals surface area contributed by atoms with Gasteiger partial charge >= 0.3 is 0 Å². The van der Waals surface area contributed by atoms with E-state index in [-0.39, 0.29) is 5.91 Å². The van der Waals surface area contributed by atoms with Gasteiger partial charge in [-0.3, -0.25) is 4.79 Å². The first-order chi connectivity index (χ1) is 10.1. The van der Waals surface area contributed by atoms with Crippen LogP contribution in [0.2, 0.25) is 0 Å².